The molecule has 1 amide bonds. The third-order valence-electron chi connectivity index (χ3n) is 4.60. The number of anilines is 1. The molecule has 0 aliphatic rings. The van der Waals surface area contributed by atoms with E-state index >= 15 is 0 Å². The van der Waals surface area contributed by atoms with E-state index in [2.05, 4.69) is 15.4 Å². The normalized spacial score (nSPS) is 12.5. The Morgan fingerprint density at radius 2 is 2.00 bits per heavy atom. The average Bonchev–Trinajstić information content (AvgIpc) is 3.03. The van der Waals surface area contributed by atoms with Crippen molar-refractivity contribution in [3.05, 3.63) is 41.2 Å². The zero-order valence-corrected chi connectivity index (χ0v) is 14.8. The molecule has 0 saturated heterocycles. The van der Waals surface area contributed by atoms with Gasteiger partial charge in [-0.15, -0.1) is 0 Å². The second kappa shape index (κ2) is 6.11. The highest BCUT2D eigenvalue weighted by Crippen LogP contribution is 2.25. The number of carbonyl (C=O) groups excluding carboxylic acids is 1. The van der Waals surface area contributed by atoms with Crippen LogP contribution in [0.2, 0.25) is 0 Å². The summed E-state index contributed by atoms with van der Waals surface area (Å²) in [5.41, 5.74) is 4.79. The van der Waals surface area contributed by atoms with Crippen LogP contribution in [0.5, 0.6) is 0 Å². The number of carbonyl (C=O) groups is 1. The van der Waals surface area contributed by atoms with Gasteiger partial charge in [-0.05, 0) is 39.8 Å². The zero-order valence-electron chi connectivity index (χ0n) is 14.8. The Morgan fingerprint density at radius 1 is 1.29 bits per heavy atom. The van der Waals surface area contributed by atoms with E-state index in [0.717, 1.165) is 34.5 Å². The number of hydrogen-bond donors (Lipinski definition) is 1. The standard InChI is InChI=1S/C18H23N5O/c1-6-23-15-10-8-7-9-14(15)19-18(23)20-17(24)11(2)16-12(3)21-22(5)13(16)4/h7-11H,6H2,1-5H3,(H,19,20,24)/t11-/m0/s1. The summed E-state index contributed by atoms with van der Waals surface area (Å²) in [6.45, 7) is 8.62. The zero-order chi connectivity index (χ0) is 17.4. The van der Waals surface area contributed by atoms with E-state index in [1.807, 2.05) is 68.3 Å². The van der Waals surface area contributed by atoms with Crippen LogP contribution in [0.15, 0.2) is 24.3 Å². The first-order valence-corrected chi connectivity index (χ1v) is 8.20. The Morgan fingerprint density at radius 3 is 2.62 bits per heavy atom. The number of nitrogens with one attached hydrogen (secondary N) is 1. The first kappa shape index (κ1) is 16.2. The molecular weight excluding hydrogens is 302 g/mol. The molecule has 0 unspecified atom stereocenters. The third kappa shape index (κ3) is 2.58. The number of aryl methyl sites for hydroxylation is 3. The van der Waals surface area contributed by atoms with Crippen molar-refractivity contribution in [1.82, 2.24) is 19.3 Å². The van der Waals surface area contributed by atoms with Crippen LogP contribution < -0.4 is 5.32 Å². The van der Waals surface area contributed by atoms with Crippen molar-refractivity contribution in [3.8, 4) is 0 Å². The Bertz CT molecular complexity index is 906. The molecule has 2 aromatic heterocycles. The van der Waals surface area contributed by atoms with E-state index in [9.17, 15) is 4.79 Å². The van der Waals surface area contributed by atoms with Gasteiger partial charge in [0.1, 0.15) is 0 Å². The first-order valence-electron chi connectivity index (χ1n) is 8.20. The van der Waals surface area contributed by atoms with Crippen LogP contribution in [-0.2, 0) is 18.4 Å². The molecule has 0 radical (unpaired) electrons. The van der Waals surface area contributed by atoms with Crippen LogP contribution in [0.25, 0.3) is 11.0 Å². The minimum absolute atomic E-state index is 0.0702. The summed E-state index contributed by atoms with van der Waals surface area (Å²) in [5, 5.41) is 7.39. The monoisotopic (exact) mass is 325 g/mol. The predicted molar refractivity (Wildman–Crippen MR) is 95.1 cm³/mol. The van der Waals surface area contributed by atoms with Gasteiger partial charge in [0, 0.05) is 24.8 Å². The fourth-order valence-corrected chi connectivity index (χ4v) is 3.26. The first-order chi connectivity index (χ1) is 11.4. The third-order valence-corrected chi connectivity index (χ3v) is 4.60. The summed E-state index contributed by atoms with van der Waals surface area (Å²) in [7, 11) is 1.90. The largest absolute Gasteiger partial charge is 0.310 e. The predicted octanol–water partition coefficient (Wildman–Crippen LogP) is 3.15. The van der Waals surface area contributed by atoms with E-state index in [-0.39, 0.29) is 11.8 Å². The van der Waals surface area contributed by atoms with Crippen molar-refractivity contribution in [2.24, 2.45) is 7.05 Å². The second-order valence-corrected chi connectivity index (χ2v) is 6.09. The van der Waals surface area contributed by atoms with Crippen molar-refractivity contribution < 1.29 is 4.79 Å². The Labute approximate surface area is 141 Å². The number of nitrogens with zero attached hydrogens (tertiary/aromatic N) is 4. The topological polar surface area (TPSA) is 64.7 Å². The maximum absolute atomic E-state index is 12.8. The van der Waals surface area contributed by atoms with Crippen molar-refractivity contribution in [1.29, 1.82) is 0 Å². The van der Waals surface area contributed by atoms with Gasteiger partial charge in [0.25, 0.3) is 0 Å². The molecule has 2 heterocycles. The molecule has 0 aliphatic heterocycles. The lowest BCUT2D eigenvalue weighted by Crippen LogP contribution is -2.22. The molecule has 1 N–H and O–H groups in total. The maximum atomic E-state index is 12.8. The highest BCUT2D eigenvalue weighted by molar-refractivity contribution is 5.96. The van der Waals surface area contributed by atoms with Gasteiger partial charge in [-0.25, -0.2) is 4.98 Å². The van der Waals surface area contributed by atoms with Crippen LogP contribution in [0, 0.1) is 13.8 Å². The molecule has 6 heteroatoms. The van der Waals surface area contributed by atoms with Gasteiger partial charge in [-0.2, -0.15) is 5.10 Å². The van der Waals surface area contributed by atoms with Crippen LogP contribution in [0.4, 0.5) is 5.95 Å². The van der Waals surface area contributed by atoms with E-state index in [4.69, 9.17) is 0 Å². The van der Waals surface area contributed by atoms with Gasteiger partial charge in [-0.1, -0.05) is 12.1 Å². The lowest BCUT2D eigenvalue weighted by Gasteiger charge is -2.13. The van der Waals surface area contributed by atoms with Crippen molar-refractivity contribution in [2.75, 3.05) is 5.32 Å². The van der Waals surface area contributed by atoms with Gasteiger partial charge < -0.3 is 4.57 Å². The van der Waals surface area contributed by atoms with Crippen molar-refractivity contribution in [2.45, 2.75) is 40.2 Å². The molecule has 1 aromatic carbocycles. The number of amides is 1. The fourth-order valence-electron chi connectivity index (χ4n) is 3.26. The van der Waals surface area contributed by atoms with Crippen molar-refractivity contribution >= 4 is 22.9 Å². The number of fused-ring (bicyclic) bond motifs is 1. The summed E-state index contributed by atoms with van der Waals surface area (Å²) in [6.07, 6.45) is 0. The molecule has 3 rings (SSSR count). The number of rotatable bonds is 4. The molecule has 24 heavy (non-hydrogen) atoms. The summed E-state index contributed by atoms with van der Waals surface area (Å²) >= 11 is 0. The van der Waals surface area contributed by atoms with E-state index < -0.39 is 0 Å². The molecule has 6 nitrogen and oxygen atoms in total. The molecule has 0 spiro atoms. The van der Waals surface area contributed by atoms with Gasteiger partial charge >= 0.3 is 0 Å². The summed E-state index contributed by atoms with van der Waals surface area (Å²) in [5.74, 6) is 0.234. The van der Waals surface area contributed by atoms with Crippen LogP contribution in [0.3, 0.4) is 0 Å². The summed E-state index contributed by atoms with van der Waals surface area (Å²) < 4.78 is 3.83. The minimum Gasteiger partial charge on any atom is -0.310 e. The number of hydrogen-bond acceptors (Lipinski definition) is 3. The van der Waals surface area contributed by atoms with E-state index in [1.165, 1.54) is 0 Å². The molecule has 0 aliphatic carbocycles. The molecule has 126 valence electrons. The number of aromatic nitrogens is 4. The second-order valence-electron chi connectivity index (χ2n) is 6.09. The minimum atomic E-state index is -0.288. The van der Waals surface area contributed by atoms with Crippen LogP contribution >= 0.6 is 0 Å². The quantitative estimate of drug-likeness (QED) is 0.801. The summed E-state index contributed by atoms with van der Waals surface area (Å²) in [4.78, 5) is 17.3. The number of benzene rings is 1. The van der Waals surface area contributed by atoms with E-state index in [0.29, 0.717) is 5.95 Å². The maximum Gasteiger partial charge on any atom is 0.234 e. The molecule has 0 saturated carbocycles. The molecule has 0 bridgehead atoms. The number of para-hydroxylation sites is 2. The van der Waals surface area contributed by atoms with Gasteiger partial charge in [-0.3, -0.25) is 14.8 Å². The van der Waals surface area contributed by atoms with Gasteiger partial charge in [0.05, 0.1) is 22.6 Å². The Balaban J connectivity index is 1.92. The number of imidazole rings is 1. The van der Waals surface area contributed by atoms with Gasteiger partial charge in [0.2, 0.25) is 11.9 Å². The van der Waals surface area contributed by atoms with Gasteiger partial charge in [0.15, 0.2) is 0 Å². The molecular formula is C18H23N5O. The van der Waals surface area contributed by atoms with Crippen LogP contribution in [-0.4, -0.2) is 25.2 Å². The SMILES string of the molecule is CCn1c(NC(=O)[C@@H](C)c2c(C)nn(C)c2C)nc2ccccc21. The fraction of sp³-hybridized carbons (Fsp3) is 0.389. The van der Waals surface area contributed by atoms with E-state index in [1.54, 1.807) is 0 Å². The summed E-state index contributed by atoms with van der Waals surface area (Å²) in [6, 6.07) is 7.90. The highest BCUT2D eigenvalue weighted by Gasteiger charge is 2.24. The smallest absolute Gasteiger partial charge is 0.234 e. The molecule has 3 aromatic rings. The average molecular weight is 325 g/mol. The lowest BCUT2D eigenvalue weighted by molar-refractivity contribution is -0.117. The van der Waals surface area contributed by atoms with Crippen molar-refractivity contribution in [3.63, 3.8) is 0 Å². The highest BCUT2D eigenvalue weighted by atomic mass is 16.2. The Kier molecular flexibility index (Phi) is 4.13. The van der Waals surface area contributed by atoms with Crippen LogP contribution in [0.1, 0.15) is 36.7 Å². The molecule has 1 atom stereocenters. The molecule has 0 fully saturated rings. The lowest BCUT2D eigenvalue weighted by atomic mass is 9.98. The Hall–Kier alpha value is -2.63.